The monoisotopic (exact) mass is 210 g/mol. The van der Waals surface area contributed by atoms with Gasteiger partial charge in [0.25, 0.3) is 0 Å². The van der Waals surface area contributed by atoms with E-state index in [1.54, 1.807) is 11.3 Å². The number of carbonyl (C=O) groups is 2. The fourth-order valence-corrected chi connectivity index (χ4v) is 1.83. The van der Waals surface area contributed by atoms with Gasteiger partial charge in [0.15, 0.2) is 0 Å². The van der Waals surface area contributed by atoms with Crippen molar-refractivity contribution < 1.29 is 9.59 Å². The highest BCUT2D eigenvalue weighted by Crippen LogP contribution is 2.08. The fraction of sp³-hybridized carbons (Fsp3) is 0.455. The van der Waals surface area contributed by atoms with Crippen molar-refractivity contribution in [3.05, 3.63) is 22.4 Å². The van der Waals surface area contributed by atoms with E-state index in [4.69, 9.17) is 0 Å². The van der Waals surface area contributed by atoms with Gasteiger partial charge in [0.2, 0.25) is 0 Å². The summed E-state index contributed by atoms with van der Waals surface area (Å²) in [6.45, 7) is 1.83. The van der Waals surface area contributed by atoms with E-state index in [1.807, 2.05) is 23.8 Å². The molecular formula is C11H14O2S. The second-order valence-corrected chi connectivity index (χ2v) is 4.02. The van der Waals surface area contributed by atoms with Crippen molar-refractivity contribution in [2.75, 3.05) is 0 Å². The second-order valence-electron chi connectivity index (χ2n) is 3.24. The van der Waals surface area contributed by atoms with Gasteiger partial charge in [0, 0.05) is 25.7 Å². The van der Waals surface area contributed by atoms with Gasteiger partial charge < -0.3 is 0 Å². The summed E-state index contributed by atoms with van der Waals surface area (Å²) in [6.07, 6.45) is 1.80. The van der Waals surface area contributed by atoms with Crippen LogP contribution in [0.2, 0.25) is 0 Å². The Bertz CT molecular complexity index is 301. The fourth-order valence-electron chi connectivity index (χ4n) is 1.16. The molecule has 0 bridgehead atoms. The third kappa shape index (κ3) is 3.83. The van der Waals surface area contributed by atoms with Crippen LogP contribution in [0.25, 0.3) is 0 Å². The van der Waals surface area contributed by atoms with Gasteiger partial charge in [-0.15, -0.1) is 0 Å². The predicted octanol–water partition coefficient (Wildman–Crippen LogP) is 2.62. The molecule has 1 rings (SSSR count). The van der Waals surface area contributed by atoms with Crippen LogP contribution >= 0.6 is 11.3 Å². The van der Waals surface area contributed by atoms with Gasteiger partial charge in [0.1, 0.15) is 11.6 Å². The summed E-state index contributed by atoms with van der Waals surface area (Å²) in [7, 11) is 0. The van der Waals surface area contributed by atoms with Crippen molar-refractivity contribution in [1.29, 1.82) is 0 Å². The van der Waals surface area contributed by atoms with Crippen LogP contribution in [0, 0.1) is 0 Å². The van der Waals surface area contributed by atoms with Crippen molar-refractivity contribution in [3.63, 3.8) is 0 Å². The predicted molar refractivity (Wildman–Crippen MR) is 57.6 cm³/mol. The molecule has 0 saturated heterocycles. The standard InChI is InChI=1S/C11H14O2S/c1-2-10(12)3-4-11(13)7-9-5-6-14-8-9/h5-6,8H,2-4,7H2,1H3. The van der Waals surface area contributed by atoms with Crippen molar-refractivity contribution in [2.24, 2.45) is 0 Å². The lowest BCUT2D eigenvalue weighted by Gasteiger charge is -1.97. The lowest BCUT2D eigenvalue weighted by molar-refractivity contribution is -0.123. The summed E-state index contributed by atoms with van der Waals surface area (Å²) >= 11 is 1.59. The molecule has 2 nitrogen and oxygen atoms in total. The first-order valence-corrected chi connectivity index (χ1v) is 5.71. The minimum Gasteiger partial charge on any atom is -0.300 e. The minimum atomic E-state index is 0.158. The van der Waals surface area contributed by atoms with Crippen molar-refractivity contribution in [2.45, 2.75) is 32.6 Å². The zero-order valence-electron chi connectivity index (χ0n) is 8.29. The molecule has 1 aromatic heterocycles. The third-order valence-electron chi connectivity index (χ3n) is 2.06. The molecule has 0 N–H and O–H groups in total. The van der Waals surface area contributed by atoms with Gasteiger partial charge in [-0.05, 0) is 22.4 Å². The van der Waals surface area contributed by atoms with E-state index in [0.717, 1.165) is 5.56 Å². The molecule has 0 amide bonds. The molecule has 0 saturated carbocycles. The summed E-state index contributed by atoms with van der Waals surface area (Å²) < 4.78 is 0. The average Bonchev–Trinajstić information content (AvgIpc) is 2.66. The van der Waals surface area contributed by atoms with Gasteiger partial charge in [-0.2, -0.15) is 11.3 Å². The van der Waals surface area contributed by atoms with Crippen LogP contribution in [0.15, 0.2) is 16.8 Å². The summed E-state index contributed by atoms with van der Waals surface area (Å²) in [4.78, 5) is 22.4. The van der Waals surface area contributed by atoms with E-state index in [2.05, 4.69) is 0 Å². The van der Waals surface area contributed by atoms with E-state index in [9.17, 15) is 9.59 Å². The van der Waals surface area contributed by atoms with E-state index >= 15 is 0 Å². The Morgan fingerprint density at radius 2 is 2.00 bits per heavy atom. The second kappa shape index (κ2) is 5.70. The molecule has 0 unspecified atom stereocenters. The normalized spacial score (nSPS) is 10.1. The molecule has 0 aromatic carbocycles. The number of rotatable bonds is 6. The van der Waals surface area contributed by atoms with Crippen LogP contribution in [-0.2, 0) is 16.0 Å². The number of carbonyl (C=O) groups excluding carboxylic acids is 2. The third-order valence-corrected chi connectivity index (χ3v) is 2.79. The van der Waals surface area contributed by atoms with Gasteiger partial charge in [-0.3, -0.25) is 9.59 Å². The molecule has 14 heavy (non-hydrogen) atoms. The molecule has 0 aliphatic carbocycles. The lowest BCUT2D eigenvalue weighted by atomic mass is 10.1. The lowest BCUT2D eigenvalue weighted by Crippen LogP contribution is -2.05. The van der Waals surface area contributed by atoms with Crippen molar-refractivity contribution in [1.82, 2.24) is 0 Å². The Hall–Kier alpha value is -0.960. The summed E-state index contributed by atoms with van der Waals surface area (Å²) in [5.74, 6) is 0.328. The molecule has 0 aliphatic heterocycles. The van der Waals surface area contributed by atoms with Crippen LogP contribution in [0.4, 0.5) is 0 Å². The molecular weight excluding hydrogens is 196 g/mol. The highest BCUT2D eigenvalue weighted by molar-refractivity contribution is 7.07. The number of ketones is 2. The van der Waals surface area contributed by atoms with Gasteiger partial charge in [-0.1, -0.05) is 6.92 Å². The number of thiophene rings is 1. The van der Waals surface area contributed by atoms with E-state index in [-0.39, 0.29) is 11.6 Å². The zero-order valence-corrected chi connectivity index (χ0v) is 9.10. The molecule has 0 radical (unpaired) electrons. The van der Waals surface area contributed by atoms with Crippen LogP contribution in [0.1, 0.15) is 31.7 Å². The van der Waals surface area contributed by atoms with Crippen LogP contribution < -0.4 is 0 Å². The molecule has 1 aromatic rings. The maximum absolute atomic E-state index is 11.4. The smallest absolute Gasteiger partial charge is 0.137 e. The quantitative estimate of drug-likeness (QED) is 0.723. The van der Waals surface area contributed by atoms with Gasteiger partial charge in [-0.25, -0.2) is 0 Å². The first-order valence-electron chi connectivity index (χ1n) is 4.77. The van der Waals surface area contributed by atoms with Crippen LogP contribution in [-0.4, -0.2) is 11.6 Å². The molecule has 3 heteroatoms. The van der Waals surface area contributed by atoms with Gasteiger partial charge >= 0.3 is 0 Å². The SMILES string of the molecule is CCC(=O)CCC(=O)Cc1ccsc1. The molecule has 0 fully saturated rings. The average molecular weight is 210 g/mol. The Kier molecular flexibility index (Phi) is 4.53. The highest BCUT2D eigenvalue weighted by Gasteiger charge is 2.06. The minimum absolute atomic E-state index is 0.158. The zero-order chi connectivity index (χ0) is 10.4. The van der Waals surface area contributed by atoms with E-state index in [0.29, 0.717) is 25.7 Å². The summed E-state index contributed by atoms with van der Waals surface area (Å²) in [5, 5.41) is 3.93. The molecule has 0 spiro atoms. The number of hydrogen-bond donors (Lipinski definition) is 0. The molecule has 0 aliphatic rings. The van der Waals surface area contributed by atoms with E-state index in [1.165, 1.54) is 0 Å². The first kappa shape index (κ1) is 11.1. The summed E-state index contributed by atoms with van der Waals surface area (Å²) in [6, 6.07) is 1.95. The van der Waals surface area contributed by atoms with E-state index < -0.39 is 0 Å². The largest absolute Gasteiger partial charge is 0.300 e. The highest BCUT2D eigenvalue weighted by atomic mass is 32.1. The topological polar surface area (TPSA) is 34.1 Å². The number of hydrogen-bond acceptors (Lipinski definition) is 3. The molecule has 76 valence electrons. The van der Waals surface area contributed by atoms with Gasteiger partial charge in [0.05, 0.1) is 0 Å². The maximum atomic E-state index is 11.4. The molecule has 1 heterocycles. The summed E-state index contributed by atoms with van der Waals surface area (Å²) in [5.41, 5.74) is 1.06. The number of Topliss-reactive ketones (excluding diaryl/α,β-unsaturated/α-hetero) is 2. The maximum Gasteiger partial charge on any atom is 0.137 e. The molecule has 0 atom stereocenters. The Morgan fingerprint density at radius 3 is 2.57 bits per heavy atom. The van der Waals surface area contributed by atoms with Crippen molar-refractivity contribution in [3.8, 4) is 0 Å². The Balaban J connectivity index is 2.26. The first-order chi connectivity index (χ1) is 6.72. The Morgan fingerprint density at radius 1 is 1.29 bits per heavy atom. The van der Waals surface area contributed by atoms with Crippen LogP contribution in [0.5, 0.6) is 0 Å². The van der Waals surface area contributed by atoms with Crippen LogP contribution in [0.3, 0.4) is 0 Å². The van der Waals surface area contributed by atoms with Crippen molar-refractivity contribution >= 4 is 22.9 Å². The Labute approximate surface area is 87.9 Å².